The van der Waals surface area contributed by atoms with Gasteiger partial charge >= 0.3 is 0 Å². The summed E-state index contributed by atoms with van der Waals surface area (Å²) in [5.74, 6) is 0.622. The molecular weight excluding hydrogens is 264 g/mol. The highest BCUT2D eigenvalue weighted by Gasteiger charge is 2.15. The summed E-state index contributed by atoms with van der Waals surface area (Å²) in [6.45, 7) is 2.95. The van der Waals surface area contributed by atoms with Crippen LogP contribution < -0.4 is 15.4 Å². The van der Waals surface area contributed by atoms with Crippen molar-refractivity contribution in [3.63, 3.8) is 0 Å². The second kappa shape index (κ2) is 5.87. The number of nitrogens with one attached hydrogen (secondary N) is 2. The van der Waals surface area contributed by atoms with Crippen molar-refractivity contribution in [2.45, 2.75) is 19.9 Å². The molecule has 2 N–H and O–H groups in total. The molecule has 1 aliphatic rings. The van der Waals surface area contributed by atoms with Crippen molar-refractivity contribution in [1.82, 2.24) is 0 Å². The molecule has 0 saturated carbocycles. The third kappa shape index (κ3) is 2.99. The first-order chi connectivity index (χ1) is 10.3. The summed E-state index contributed by atoms with van der Waals surface area (Å²) in [7, 11) is 0. The Balaban J connectivity index is 1.74. The molecule has 4 heteroatoms. The van der Waals surface area contributed by atoms with Gasteiger partial charge in [0, 0.05) is 12.2 Å². The van der Waals surface area contributed by atoms with E-state index in [-0.39, 0.29) is 12.5 Å². The van der Waals surface area contributed by atoms with E-state index in [1.54, 1.807) is 0 Å². The molecule has 1 heterocycles. The average molecular weight is 282 g/mol. The predicted octanol–water partition coefficient (Wildman–Crippen LogP) is 3.19. The molecule has 1 aliphatic heterocycles. The van der Waals surface area contributed by atoms with Crippen LogP contribution in [-0.4, -0.2) is 12.5 Å². The number of rotatable bonds is 4. The third-order valence-electron chi connectivity index (χ3n) is 3.56. The molecule has 1 amide bonds. The summed E-state index contributed by atoms with van der Waals surface area (Å²) in [6.07, 6.45) is 0.997. The van der Waals surface area contributed by atoms with Gasteiger partial charge in [0.2, 0.25) is 0 Å². The van der Waals surface area contributed by atoms with Crippen LogP contribution in [-0.2, 0) is 17.8 Å². The van der Waals surface area contributed by atoms with Gasteiger partial charge in [0.15, 0.2) is 6.61 Å². The quantitative estimate of drug-likeness (QED) is 0.905. The molecule has 108 valence electrons. The van der Waals surface area contributed by atoms with Crippen LogP contribution in [0.2, 0.25) is 0 Å². The zero-order valence-electron chi connectivity index (χ0n) is 12.0. The monoisotopic (exact) mass is 282 g/mol. The van der Waals surface area contributed by atoms with Crippen LogP contribution in [0, 0.1) is 0 Å². The Morgan fingerprint density at radius 3 is 2.95 bits per heavy atom. The van der Waals surface area contributed by atoms with Crippen molar-refractivity contribution in [3.05, 3.63) is 53.6 Å². The van der Waals surface area contributed by atoms with E-state index in [1.807, 2.05) is 24.3 Å². The molecule has 2 aromatic carbocycles. The molecule has 4 nitrogen and oxygen atoms in total. The second-order valence-electron chi connectivity index (χ2n) is 5.03. The number of aryl methyl sites for hydroxylation is 1. The van der Waals surface area contributed by atoms with Crippen molar-refractivity contribution in [2.75, 3.05) is 17.2 Å². The van der Waals surface area contributed by atoms with Gasteiger partial charge in [-0.2, -0.15) is 0 Å². The van der Waals surface area contributed by atoms with Crippen molar-refractivity contribution in [2.24, 2.45) is 0 Å². The summed E-state index contributed by atoms with van der Waals surface area (Å²) in [5.41, 5.74) is 4.30. The number of fused-ring (bicyclic) bond motifs is 1. The molecule has 0 radical (unpaired) electrons. The molecule has 0 bridgehead atoms. The smallest absolute Gasteiger partial charge is 0.262 e. The highest BCUT2D eigenvalue weighted by molar-refractivity contribution is 5.95. The number of hydrogen-bond donors (Lipinski definition) is 2. The predicted molar refractivity (Wildman–Crippen MR) is 83.7 cm³/mol. The molecule has 0 spiro atoms. The largest absolute Gasteiger partial charge is 0.482 e. The van der Waals surface area contributed by atoms with Crippen LogP contribution in [0.4, 0.5) is 11.4 Å². The van der Waals surface area contributed by atoms with E-state index < -0.39 is 0 Å². The molecule has 3 rings (SSSR count). The van der Waals surface area contributed by atoms with Gasteiger partial charge in [-0.25, -0.2) is 0 Å². The zero-order valence-corrected chi connectivity index (χ0v) is 12.0. The summed E-state index contributed by atoms with van der Waals surface area (Å²) in [5, 5.41) is 6.27. The fourth-order valence-corrected chi connectivity index (χ4v) is 2.44. The third-order valence-corrected chi connectivity index (χ3v) is 3.56. The SMILES string of the molecule is CCc1ccccc1NCc1ccc2c(c1)NC(=O)CO2. The van der Waals surface area contributed by atoms with E-state index in [0.29, 0.717) is 6.54 Å². The topological polar surface area (TPSA) is 50.4 Å². The van der Waals surface area contributed by atoms with E-state index in [9.17, 15) is 4.79 Å². The van der Waals surface area contributed by atoms with Crippen LogP contribution in [0.3, 0.4) is 0 Å². The normalized spacial score (nSPS) is 13.1. The minimum Gasteiger partial charge on any atom is -0.482 e. The molecular formula is C17H18N2O2. The van der Waals surface area contributed by atoms with Gasteiger partial charge in [-0.1, -0.05) is 31.2 Å². The molecule has 0 unspecified atom stereocenters. The maximum atomic E-state index is 11.3. The number of carbonyl (C=O) groups excluding carboxylic acids is 1. The highest BCUT2D eigenvalue weighted by atomic mass is 16.5. The van der Waals surface area contributed by atoms with Crippen LogP contribution >= 0.6 is 0 Å². The van der Waals surface area contributed by atoms with Gasteiger partial charge in [0.05, 0.1) is 5.69 Å². The Morgan fingerprint density at radius 2 is 2.10 bits per heavy atom. The Morgan fingerprint density at radius 1 is 1.24 bits per heavy atom. The lowest BCUT2D eigenvalue weighted by Crippen LogP contribution is -2.25. The molecule has 0 saturated heterocycles. The molecule has 0 aliphatic carbocycles. The molecule has 0 aromatic heterocycles. The van der Waals surface area contributed by atoms with Crippen LogP contribution in [0.1, 0.15) is 18.1 Å². The number of amides is 1. The van der Waals surface area contributed by atoms with Gasteiger partial charge in [0.25, 0.3) is 5.91 Å². The Kier molecular flexibility index (Phi) is 3.77. The number of hydrogen-bond acceptors (Lipinski definition) is 3. The minimum absolute atomic E-state index is 0.0917. The van der Waals surface area contributed by atoms with Crippen molar-refractivity contribution >= 4 is 17.3 Å². The first-order valence-corrected chi connectivity index (χ1v) is 7.13. The number of ether oxygens (including phenoxy) is 1. The Labute approximate surface area is 124 Å². The van der Waals surface area contributed by atoms with Gasteiger partial charge in [0.1, 0.15) is 5.75 Å². The minimum atomic E-state index is -0.107. The van der Waals surface area contributed by atoms with Crippen molar-refractivity contribution < 1.29 is 9.53 Å². The summed E-state index contributed by atoms with van der Waals surface area (Å²) < 4.78 is 5.36. The van der Waals surface area contributed by atoms with E-state index in [2.05, 4.69) is 35.8 Å². The van der Waals surface area contributed by atoms with E-state index >= 15 is 0 Å². The van der Waals surface area contributed by atoms with Crippen LogP contribution in [0.5, 0.6) is 5.75 Å². The number of para-hydroxylation sites is 1. The summed E-state index contributed by atoms with van der Waals surface area (Å²) in [4.78, 5) is 11.3. The van der Waals surface area contributed by atoms with Crippen LogP contribution in [0.15, 0.2) is 42.5 Å². The van der Waals surface area contributed by atoms with Gasteiger partial charge in [-0.15, -0.1) is 0 Å². The molecule has 21 heavy (non-hydrogen) atoms. The Hall–Kier alpha value is -2.49. The standard InChI is InChI=1S/C17H18N2O2/c1-2-13-5-3-4-6-14(13)18-10-12-7-8-16-15(9-12)19-17(20)11-21-16/h3-9,18H,2,10-11H2,1H3,(H,19,20). The average Bonchev–Trinajstić information content (AvgIpc) is 2.52. The first kappa shape index (κ1) is 13.5. The van der Waals surface area contributed by atoms with E-state index in [4.69, 9.17) is 4.74 Å². The van der Waals surface area contributed by atoms with Gasteiger partial charge in [-0.05, 0) is 35.7 Å². The lowest BCUT2D eigenvalue weighted by atomic mass is 10.1. The fourth-order valence-electron chi connectivity index (χ4n) is 2.44. The maximum absolute atomic E-state index is 11.3. The van der Waals surface area contributed by atoms with Crippen molar-refractivity contribution in [1.29, 1.82) is 0 Å². The van der Waals surface area contributed by atoms with Crippen molar-refractivity contribution in [3.8, 4) is 5.75 Å². The fraction of sp³-hybridized carbons (Fsp3) is 0.235. The first-order valence-electron chi connectivity index (χ1n) is 7.13. The molecule has 0 fully saturated rings. The second-order valence-corrected chi connectivity index (χ2v) is 5.03. The molecule has 0 atom stereocenters. The summed E-state index contributed by atoms with van der Waals surface area (Å²) in [6, 6.07) is 14.2. The number of anilines is 2. The number of carbonyl (C=O) groups is 1. The van der Waals surface area contributed by atoms with Gasteiger partial charge in [-0.3, -0.25) is 4.79 Å². The summed E-state index contributed by atoms with van der Waals surface area (Å²) >= 11 is 0. The number of benzene rings is 2. The zero-order chi connectivity index (χ0) is 14.7. The maximum Gasteiger partial charge on any atom is 0.262 e. The van der Waals surface area contributed by atoms with E-state index in [0.717, 1.165) is 29.1 Å². The van der Waals surface area contributed by atoms with Crippen LogP contribution in [0.25, 0.3) is 0 Å². The lowest BCUT2D eigenvalue weighted by molar-refractivity contribution is -0.118. The molecule has 2 aromatic rings. The Bertz CT molecular complexity index is 668. The lowest BCUT2D eigenvalue weighted by Gasteiger charge is -2.19. The highest BCUT2D eigenvalue weighted by Crippen LogP contribution is 2.28. The van der Waals surface area contributed by atoms with E-state index in [1.165, 1.54) is 5.56 Å². The van der Waals surface area contributed by atoms with Gasteiger partial charge < -0.3 is 15.4 Å².